The largest absolute Gasteiger partial charge is 0.372 e. The SMILES string of the molecule is Fc1ccc(C(CCCN2CCN(C[C@H]3CO3)CC2)c2ccc(F)cc2)cc1. The Bertz CT molecular complexity index is 693. The van der Waals surface area contributed by atoms with Crippen molar-refractivity contribution in [2.45, 2.75) is 24.9 Å². The highest BCUT2D eigenvalue weighted by Crippen LogP contribution is 2.30. The highest BCUT2D eigenvalue weighted by atomic mass is 19.1. The van der Waals surface area contributed by atoms with Crippen LogP contribution in [-0.2, 0) is 4.74 Å². The van der Waals surface area contributed by atoms with E-state index in [0.717, 1.165) is 69.8 Å². The second kappa shape index (κ2) is 9.12. The van der Waals surface area contributed by atoms with E-state index in [1.165, 1.54) is 24.3 Å². The van der Waals surface area contributed by atoms with Crippen molar-refractivity contribution in [2.24, 2.45) is 0 Å². The van der Waals surface area contributed by atoms with Gasteiger partial charge in [0.1, 0.15) is 11.6 Å². The van der Waals surface area contributed by atoms with Crippen molar-refractivity contribution in [3.8, 4) is 0 Å². The van der Waals surface area contributed by atoms with Crippen LogP contribution in [0.5, 0.6) is 0 Å². The van der Waals surface area contributed by atoms with Crippen LogP contribution < -0.4 is 0 Å². The Hall–Kier alpha value is -1.82. The molecule has 2 aromatic carbocycles. The van der Waals surface area contributed by atoms with Crippen molar-refractivity contribution in [1.82, 2.24) is 9.80 Å². The Morgan fingerprint density at radius 1 is 0.821 bits per heavy atom. The predicted molar refractivity (Wildman–Crippen MR) is 106 cm³/mol. The molecule has 2 aliphatic rings. The molecule has 0 bridgehead atoms. The maximum atomic E-state index is 13.3. The van der Waals surface area contributed by atoms with Crippen molar-refractivity contribution in [3.63, 3.8) is 0 Å². The molecule has 0 N–H and O–H groups in total. The number of epoxide rings is 1. The van der Waals surface area contributed by atoms with E-state index in [1.807, 2.05) is 24.3 Å². The summed E-state index contributed by atoms with van der Waals surface area (Å²) in [6, 6.07) is 13.4. The minimum Gasteiger partial charge on any atom is -0.372 e. The maximum absolute atomic E-state index is 13.3. The summed E-state index contributed by atoms with van der Waals surface area (Å²) in [6.45, 7) is 7.49. The molecule has 0 spiro atoms. The summed E-state index contributed by atoms with van der Waals surface area (Å²) in [5, 5.41) is 0. The van der Waals surface area contributed by atoms with Gasteiger partial charge in [-0.25, -0.2) is 8.78 Å². The smallest absolute Gasteiger partial charge is 0.123 e. The van der Waals surface area contributed by atoms with Crippen LogP contribution in [0.15, 0.2) is 48.5 Å². The second-order valence-electron chi connectivity index (χ2n) is 7.90. The zero-order chi connectivity index (χ0) is 19.3. The van der Waals surface area contributed by atoms with Gasteiger partial charge < -0.3 is 9.64 Å². The average Bonchev–Trinajstić information content (AvgIpc) is 3.52. The molecule has 28 heavy (non-hydrogen) atoms. The topological polar surface area (TPSA) is 19.0 Å². The molecular weight excluding hydrogens is 358 g/mol. The van der Waals surface area contributed by atoms with Crippen LogP contribution in [-0.4, -0.2) is 61.8 Å². The minimum absolute atomic E-state index is 0.162. The van der Waals surface area contributed by atoms with E-state index in [1.54, 1.807) is 0 Å². The highest BCUT2D eigenvalue weighted by molar-refractivity contribution is 5.32. The molecule has 1 atom stereocenters. The molecule has 0 aromatic heterocycles. The molecule has 3 nitrogen and oxygen atoms in total. The number of ether oxygens (including phenoxy) is 1. The van der Waals surface area contributed by atoms with E-state index in [9.17, 15) is 8.78 Å². The number of piperazine rings is 1. The molecule has 0 aliphatic carbocycles. The second-order valence-corrected chi connectivity index (χ2v) is 7.90. The number of hydrogen-bond acceptors (Lipinski definition) is 3. The Morgan fingerprint density at radius 2 is 1.32 bits per heavy atom. The first-order chi connectivity index (χ1) is 13.7. The van der Waals surface area contributed by atoms with Crippen LogP contribution in [0.3, 0.4) is 0 Å². The number of hydrogen-bond donors (Lipinski definition) is 0. The van der Waals surface area contributed by atoms with Crippen LogP contribution >= 0.6 is 0 Å². The summed E-state index contributed by atoms with van der Waals surface area (Å²) >= 11 is 0. The van der Waals surface area contributed by atoms with E-state index in [-0.39, 0.29) is 17.6 Å². The molecule has 2 fully saturated rings. The monoisotopic (exact) mass is 386 g/mol. The summed E-state index contributed by atoms with van der Waals surface area (Å²) in [5.74, 6) is -0.290. The first-order valence-corrected chi connectivity index (χ1v) is 10.2. The molecule has 0 amide bonds. The molecule has 150 valence electrons. The zero-order valence-corrected chi connectivity index (χ0v) is 16.2. The van der Waals surface area contributed by atoms with Gasteiger partial charge in [0, 0.05) is 38.6 Å². The average molecular weight is 386 g/mol. The Morgan fingerprint density at radius 3 is 1.82 bits per heavy atom. The molecule has 2 heterocycles. The fourth-order valence-electron chi connectivity index (χ4n) is 4.09. The third kappa shape index (κ3) is 5.37. The van der Waals surface area contributed by atoms with Crippen LogP contribution in [0.2, 0.25) is 0 Å². The van der Waals surface area contributed by atoms with Crippen molar-refractivity contribution in [2.75, 3.05) is 45.9 Å². The lowest BCUT2D eigenvalue weighted by Gasteiger charge is -2.34. The van der Waals surface area contributed by atoms with Gasteiger partial charge in [-0.2, -0.15) is 0 Å². The Labute approximate surface area is 165 Å². The molecule has 0 saturated carbocycles. The van der Waals surface area contributed by atoms with Gasteiger partial charge in [0.15, 0.2) is 0 Å². The molecule has 0 unspecified atom stereocenters. The van der Waals surface area contributed by atoms with Crippen LogP contribution in [0.25, 0.3) is 0 Å². The third-order valence-electron chi connectivity index (χ3n) is 5.84. The lowest BCUT2D eigenvalue weighted by atomic mass is 9.87. The summed E-state index contributed by atoms with van der Waals surface area (Å²) in [5.41, 5.74) is 2.17. The van der Waals surface area contributed by atoms with Crippen molar-refractivity contribution in [1.29, 1.82) is 0 Å². The highest BCUT2D eigenvalue weighted by Gasteiger charge is 2.27. The predicted octanol–water partition coefficient (Wildman–Crippen LogP) is 3.89. The fraction of sp³-hybridized carbons (Fsp3) is 0.478. The van der Waals surface area contributed by atoms with Gasteiger partial charge in [0.25, 0.3) is 0 Å². The van der Waals surface area contributed by atoms with Gasteiger partial charge in [-0.15, -0.1) is 0 Å². The minimum atomic E-state index is -0.226. The lowest BCUT2D eigenvalue weighted by Crippen LogP contribution is -2.47. The van der Waals surface area contributed by atoms with Crippen LogP contribution in [0.1, 0.15) is 29.9 Å². The normalized spacial score (nSPS) is 20.6. The molecule has 4 rings (SSSR count). The number of halogens is 2. The standard InChI is InChI=1S/C23H28F2N2O/c24-20-7-3-18(4-8-20)23(19-5-9-21(25)10-6-19)2-1-11-26-12-14-27(15-13-26)16-22-17-28-22/h3-10,22-23H,1-2,11-17H2/t22-/m0/s1. The molecular formula is C23H28F2N2O. The summed E-state index contributed by atoms with van der Waals surface area (Å²) < 4.78 is 32.0. The van der Waals surface area contributed by atoms with Gasteiger partial charge in [-0.3, -0.25) is 4.90 Å². The van der Waals surface area contributed by atoms with Gasteiger partial charge in [0.2, 0.25) is 0 Å². The van der Waals surface area contributed by atoms with E-state index in [4.69, 9.17) is 4.74 Å². The summed E-state index contributed by atoms with van der Waals surface area (Å²) in [6.07, 6.45) is 2.50. The number of rotatable bonds is 8. The van der Waals surface area contributed by atoms with Gasteiger partial charge >= 0.3 is 0 Å². The number of nitrogens with zero attached hydrogens (tertiary/aromatic N) is 2. The van der Waals surface area contributed by atoms with Crippen molar-refractivity contribution in [3.05, 3.63) is 71.3 Å². The molecule has 2 saturated heterocycles. The number of benzene rings is 2. The van der Waals surface area contributed by atoms with Gasteiger partial charge in [-0.1, -0.05) is 24.3 Å². The molecule has 0 radical (unpaired) electrons. The quantitative estimate of drug-likeness (QED) is 0.642. The first-order valence-electron chi connectivity index (χ1n) is 10.2. The van der Waals surface area contributed by atoms with E-state index in [2.05, 4.69) is 9.80 Å². The molecule has 2 aliphatic heterocycles. The third-order valence-corrected chi connectivity index (χ3v) is 5.84. The van der Waals surface area contributed by atoms with E-state index >= 15 is 0 Å². The lowest BCUT2D eigenvalue weighted by molar-refractivity contribution is 0.123. The summed E-state index contributed by atoms with van der Waals surface area (Å²) in [7, 11) is 0. The summed E-state index contributed by atoms with van der Waals surface area (Å²) in [4.78, 5) is 5.02. The van der Waals surface area contributed by atoms with Crippen molar-refractivity contribution < 1.29 is 13.5 Å². The Kier molecular flexibility index (Phi) is 6.35. The maximum Gasteiger partial charge on any atom is 0.123 e. The fourth-order valence-corrected chi connectivity index (χ4v) is 4.09. The molecule has 2 aromatic rings. The molecule has 5 heteroatoms. The zero-order valence-electron chi connectivity index (χ0n) is 16.2. The van der Waals surface area contributed by atoms with Gasteiger partial charge in [0.05, 0.1) is 12.7 Å². The van der Waals surface area contributed by atoms with Crippen molar-refractivity contribution >= 4 is 0 Å². The van der Waals surface area contributed by atoms with Gasteiger partial charge in [-0.05, 0) is 54.8 Å². The van der Waals surface area contributed by atoms with Crippen LogP contribution in [0, 0.1) is 11.6 Å². The van der Waals surface area contributed by atoms with Crippen LogP contribution in [0.4, 0.5) is 8.78 Å². The Balaban J connectivity index is 1.32. The van der Waals surface area contributed by atoms with E-state index < -0.39 is 0 Å². The first kappa shape index (κ1) is 19.5. The van der Waals surface area contributed by atoms with E-state index in [0.29, 0.717) is 6.10 Å².